The first-order valence-corrected chi connectivity index (χ1v) is 17.5. The van der Waals surface area contributed by atoms with Crippen LogP contribution in [0.5, 0.6) is 0 Å². The lowest BCUT2D eigenvalue weighted by Crippen LogP contribution is -1.94. The molecule has 1 N–H and O–H groups in total. The zero-order valence-electron chi connectivity index (χ0n) is 27.7. The van der Waals surface area contributed by atoms with Gasteiger partial charge in [0.2, 0.25) is 0 Å². The number of benzene rings is 8. The lowest BCUT2D eigenvalue weighted by atomic mass is 9.94. The third-order valence-corrected chi connectivity index (χ3v) is 10.7. The molecule has 0 saturated heterocycles. The molecule has 51 heavy (non-hydrogen) atoms. The number of rotatable bonds is 4. The van der Waals surface area contributed by atoms with Crippen LogP contribution in [0, 0.1) is 0 Å². The van der Waals surface area contributed by atoms with Crippen molar-refractivity contribution < 1.29 is 0 Å². The van der Waals surface area contributed by atoms with Crippen LogP contribution in [0.1, 0.15) is 0 Å². The Morgan fingerprint density at radius 2 is 0.686 bits per heavy atom. The van der Waals surface area contributed by atoms with Crippen LogP contribution in [0.4, 0.5) is 0 Å². The van der Waals surface area contributed by atoms with Crippen molar-refractivity contribution in [2.75, 3.05) is 0 Å². The Bertz CT molecular complexity index is 3010. The van der Waals surface area contributed by atoms with E-state index in [9.17, 15) is 0 Å². The highest BCUT2D eigenvalue weighted by atomic mass is 15.0. The van der Waals surface area contributed by atoms with E-state index in [1.54, 1.807) is 0 Å². The first kappa shape index (κ1) is 28.0. The van der Waals surface area contributed by atoms with E-state index in [2.05, 4.69) is 196 Å². The topological polar surface area (TPSA) is 25.6 Å². The molecule has 8 aromatic carbocycles. The summed E-state index contributed by atoms with van der Waals surface area (Å²) in [6.07, 6.45) is 0. The average molecular weight is 650 g/mol. The van der Waals surface area contributed by atoms with E-state index in [1.165, 1.54) is 76.6 Å². The number of para-hydroxylation sites is 5. The summed E-state index contributed by atoms with van der Waals surface area (Å²) in [6.45, 7) is 0. The van der Waals surface area contributed by atoms with Gasteiger partial charge in [-0.3, -0.25) is 0 Å². The van der Waals surface area contributed by atoms with E-state index < -0.39 is 0 Å². The van der Waals surface area contributed by atoms with Gasteiger partial charge < -0.3 is 14.1 Å². The number of nitrogens with zero attached hydrogens (tertiary/aromatic N) is 2. The van der Waals surface area contributed by atoms with E-state index in [4.69, 9.17) is 0 Å². The summed E-state index contributed by atoms with van der Waals surface area (Å²) in [7, 11) is 0. The smallest absolute Gasteiger partial charge is 0.0550 e. The monoisotopic (exact) mass is 649 g/mol. The second-order valence-electron chi connectivity index (χ2n) is 13.4. The predicted molar refractivity (Wildman–Crippen MR) is 215 cm³/mol. The maximum Gasteiger partial charge on any atom is 0.0550 e. The van der Waals surface area contributed by atoms with Gasteiger partial charge in [0.1, 0.15) is 0 Å². The summed E-state index contributed by atoms with van der Waals surface area (Å²) < 4.78 is 4.75. The van der Waals surface area contributed by atoms with Gasteiger partial charge in [-0.1, -0.05) is 127 Å². The maximum absolute atomic E-state index is 3.81. The predicted octanol–water partition coefficient (Wildman–Crippen LogP) is 12.8. The molecule has 0 saturated carbocycles. The first-order valence-electron chi connectivity index (χ1n) is 17.5. The van der Waals surface area contributed by atoms with Crippen LogP contribution in [-0.4, -0.2) is 14.1 Å². The second-order valence-corrected chi connectivity index (χ2v) is 13.4. The van der Waals surface area contributed by atoms with Gasteiger partial charge in [-0.25, -0.2) is 0 Å². The van der Waals surface area contributed by atoms with Crippen LogP contribution < -0.4 is 0 Å². The van der Waals surface area contributed by atoms with Crippen molar-refractivity contribution in [3.8, 4) is 33.6 Å². The summed E-state index contributed by atoms with van der Waals surface area (Å²) in [5.74, 6) is 0. The third kappa shape index (κ3) is 4.12. The standard InChI is InChI=1S/C48H31N3/c1-6-16-42-41(15-1)47-35(31-21-25-33(26-22-31)50-43-17-7-2-11-37(43)38-12-3-8-18-44(38)50)29-30-36(48(47)49-42)32-23-27-34(28-24-32)51-45-19-9-4-13-39(45)40-14-5-10-20-46(40)51/h1-30,49H. The molecule has 0 fully saturated rings. The molecule has 238 valence electrons. The number of aromatic nitrogens is 3. The van der Waals surface area contributed by atoms with Crippen LogP contribution in [0.15, 0.2) is 182 Å². The normalized spacial score (nSPS) is 11.9. The van der Waals surface area contributed by atoms with Crippen LogP contribution in [0.3, 0.4) is 0 Å². The molecule has 0 radical (unpaired) electrons. The Kier molecular flexibility index (Phi) is 5.96. The van der Waals surface area contributed by atoms with Gasteiger partial charge in [0, 0.05) is 54.8 Å². The molecule has 3 aromatic heterocycles. The lowest BCUT2D eigenvalue weighted by molar-refractivity contribution is 1.18. The number of hydrogen-bond acceptors (Lipinski definition) is 0. The summed E-state index contributed by atoms with van der Waals surface area (Å²) in [5.41, 5.74) is 14.3. The largest absolute Gasteiger partial charge is 0.354 e. The SMILES string of the molecule is c1ccc2c(c1)[nH]c1c(-c3ccc(-n4c5ccccc5c5ccccc54)cc3)ccc(-c3ccc(-n4c5ccccc5c5ccccc54)cc3)c12. The van der Waals surface area contributed by atoms with E-state index in [0.717, 1.165) is 22.4 Å². The maximum atomic E-state index is 3.81. The fourth-order valence-corrected chi connectivity index (χ4v) is 8.42. The summed E-state index contributed by atoms with van der Waals surface area (Å²) >= 11 is 0. The van der Waals surface area contributed by atoms with E-state index in [1.807, 2.05) is 0 Å². The lowest BCUT2D eigenvalue weighted by Gasteiger charge is -2.13. The molecule has 0 aliphatic carbocycles. The number of hydrogen-bond donors (Lipinski definition) is 1. The van der Waals surface area contributed by atoms with Crippen LogP contribution in [0.25, 0.3) is 99.0 Å². The highest BCUT2D eigenvalue weighted by Gasteiger charge is 2.17. The van der Waals surface area contributed by atoms with Crippen LogP contribution in [0.2, 0.25) is 0 Å². The highest BCUT2D eigenvalue weighted by Crippen LogP contribution is 2.41. The minimum atomic E-state index is 1.14. The van der Waals surface area contributed by atoms with Crippen molar-refractivity contribution in [2.24, 2.45) is 0 Å². The minimum absolute atomic E-state index is 1.14. The zero-order valence-corrected chi connectivity index (χ0v) is 27.7. The quantitative estimate of drug-likeness (QED) is 0.196. The van der Waals surface area contributed by atoms with Gasteiger partial charge in [-0.15, -0.1) is 0 Å². The molecule has 11 aromatic rings. The van der Waals surface area contributed by atoms with Crippen molar-refractivity contribution >= 4 is 65.4 Å². The van der Waals surface area contributed by atoms with Gasteiger partial charge in [-0.2, -0.15) is 0 Å². The fraction of sp³-hybridized carbons (Fsp3) is 0. The number of aromatic amines is 1. The van der Waals surface area contributed by atoms with E-state index in [-0.39, 0.29) is 0 Å². The molecular formula is C48H31N3. The molecule has 0 aliphatic rings. The first-order chi connectivity index (χ1) is 25.3. The molecule has 0 unspecified atom stereocenters. The molecule has 0 aliphatic heterocycles. The van der Waals surface area contributed by atoms with Crippen molar-refractivity contribution in [1.29, 1.82) is 0 Å². The van der Waals surface area contributed by atoms with Gasteiger partial charge >= 0.3 is 0 Å². The Hall–Kier alpha value is -6.84. The summed E-state index contributed by atoms with van der Waals surface area (Å²) in [6, 6.07) is 66.1. The Balaban J connectivity index is 1.04. The van der Waals surface area contributed by atoms with Gasteiger partial charge in [0.25, 0.3) is 0 Å². The number of H-pyrrole nitrogens is 1. The van der Waals surface area contributed by atoms with E-state index in [0.29, 0.717) is 0 Å². The molecule has 3 heteroatoms. The molecule has 0 amide bonds. The second kappa shape index (κ2) is 10.8. The molecule has 11 rings (SSSR count). The summed E-state index contributed by atoms with van der Waals surface area (Å²) in [4.78, 5) is 3.81. The third-order valence-electron chi connectivity index (χ3n) is 10.7. The number of nitrogens with one attached hydrogen (secondary N) is 1. The number of fused-ring (bicyclic) bond motifs is 9. The van der Waals surface area contributed by atoms with Crippen molar-refractivity contribution in [1.82, 2.24) is 14.1 Å². The Morgan fingerprint density at radius 1 is 0.314 bits per heavy atom. The Labute approximate surface area is 294 Å². The molecule has 0 atom stereocenters. The van der Waals surface area contributed by atoms with Gasteiger partial charge in [0.05, 0.1) is 27.6 Å². The van der Waals surface area contributed by atoms with Crippen molar-refractivity contribution in [2.45, 2.75) is 0 Å². The highest BCUT2D eigenvalue weighted by molar-refractivity contribution is 6.18. The zero-order chi connectivity index (χ0) is 33.5. The average Bonchev–Trinajstić information content (AvgIpc) is 3.86. The van der Waals surface area contributed by atoms with Crippen molar-refractivity contribution in [3.63, 3.8) is 0 Å². The van der Waals surface area contributed by atoms with Crippen LogP contribution >= 0.6 is 0 Å². The van der Waals surface area contributed by atoms with Gasteiger partial charge in [0.15, 0.2) is 0 Å². The minimum Gasteiger partial charge on any atom is -0.354 e. The fourth-order valence-electron chi connectivity index (χ4n) is 8.42. The van der Waals surface area contributed by atoms with E-state index >= 15 is 0 Å². The van der Waals surface area contributed by atoms with Crippen molar-refractivity contribution in [3.05, 3.63) is 182 Å². The molecule has 0 bridgehead atoms. The van der Waals surface area contributed by atoms with Gasteiger partial charge in [-0.05, 0) is 71.3 Å². The molecular weight excluding hydrogens is 619 g/mol. The molecule has 3 heterocycles. The Morgan fingerprint density at radius 3 is 1.16 bits per heavy atom. The molecule has 0 spiro atoms. The van der Waals surface area contributed by atoms with Crippen LogP contribution in [-0.2, 0) is 0 Å². The molecule has 3 nitrogen and oxygen atoms in total. The summed E-state index contributed by atoms with van der Waals surface area (Å²) in [5, 5.41) is 7.58.